The molecule has 0 aliphatic heterocycles. The monoisotopic (exact) mass is 278 g/mol. The van der Waals surface area contributed by atoms with Gasteiger partial charge in [-0.15, -0.1) is 0 Å². The molecule has 0 fully saturated rings. The standard InChI is InChI=1S/C13H11FN2O4/c14-10-3-1-7(5-9(10)13(18)19)16-12(17)11-4-2-8(6-15)20-11/h1-5H,6,15H2,(H,16,17)(H,18,19). The topological polar surface area (TPSA) is 106 Å². The summed E-state index contributed by atoms with van der Waals surface area (Å²) in [5.41, 5.74) is 4.98. The maximum Gasteiger partial charge on any atom is 0.338 e. The van der Waals surface area contributed by atoms with Crippen LogP contribution >= 0.6 is 0 Å². The molecule has 0 bridgehead atoms. The summed E-state index contributed by atoms with van der Waals surface area (Å²) in [6.07, 6.45) is 0. The van der Waals surface area contributed by atoms with E-state index in [0.29, 0.717) is 5.76 Å². The summed E-state index contributed by atoms with van der Waals surface area (Å²) < 4.78 is 18.3. The van der Waals surface area contributed by atoms with E-state index >= 15 is 0 Å². The van der Waals surface area contributed by atoms with Crippen molar-refractivity contribution in [1.82, 2.24) is 0 Å². The van der Waals surface area contributed by atoms with E-state index in [0.717, 1.165) is 12.1 Å². The fourth-order valence-electron chi connectivity index (χ4n) is 1.57. The Bertz CT molecular complexity index is 666. The van der Waals surface area contributed by atoms with Crippen molar-refractivity contribution in [2.75, 3.05) is 5.32 Å². The lowest BCUT2D eigenvalue weighted by molar-refractivity contribution is 0.0691. The van der Waals surface area contributed by atoms with Crippen LogP contribution in [0, 0.1) is 5.82 Å². The predicted octanol–water partition coefficient (Wildman–Crippen LogP) is 1.83. The number of furan rings is 1. The quantitative estimate of drug-likeness (QED) is 0.791. The van der Waals surface area contributed by atoms with Crippen LogP contribution in [0.15, 0.2) is 34.7 Å². The summed E-state index contributed by atoms with van der Waals surface area (Å²) in [4.78, 5) is 22.6. The number of hydrogen-bond donors (Lipinski definition) is 3. The van der Waals surface area contributed by atoms with Gasteiger partial charge in [0.15, 0.2) is 5.76 Å². The highest BCUT2D eigenvalue weighted by molar-refractivity contribution is 6.03. The van der Waals surface area contributed by atoms with Crippen LogP contribution in [-0.4, -0.2) is 17.0 Å². The van der Waals surface area contributed by atoms with Crippen molar-refractivity contribution in [3.63, 3.8) is 0 Å². The number of halogens is 1. The van der Waals surface area contributed by atoms with E-state index in [9.17, 15) is 14.0 Å². The highest BCUT2D eigenvalue weighted by atomic mass is 19.1. The van der Waals surface area contributed by atoms with Crippen molar-refractivity contribution in [1.29, 1.82) is 0 Å². The lowest BCUT2D eigenvalue weighted by Gasteiger charge is -2.05. The Morgan fingerprint density at radius 2 is 2.05 bits per heavy atom. The van der Waals surface area contributed by atoms with Gasteiger partial charge < -0.3 is 20.6 Å². The van der Waals surface area contributed by atoms with Crippen LogP contribution in [0.25, 0.3) is 0 Å². The van der Waals surface area contributed by atoms with Gasteiger partial charge in [0.2, 0.25) is 0 Å². The second kappa shape index (κ2) is 5.54. The Labute approximate surface area is 113 Å². The first-order valence-electron chi connectivity index (χ1n) is 5.64. The zero-order valence-electron chi connectivity index (χ0n) is 10.2. The summed E-state index contributed by atoms with van der Waals surface area (Å²) >= 11 is 0. The molecule has 0 atom stereocenters. The van der Waals surface area contributed by atoms with E-state index in [4.69, 9.17) is 15.3 Å². The molecule has 0 saturated carbocycles. The van der Waals surface area contributed by atoms with Crippen molar-refractivity contribution in [2.45, 2.75) is 6.54 Å². The van der Waals surface area contributed by atoms with Gasteiger partial charge in [-0.25, -0.2) is 9.18 Å². The summed E-state index contributed by atoms with van der Waals surface area (Å²) in [5, 5.41) is 11.2. The summed E-state index contributed by atoms with van der Waals surface area (Å²) in [5.74, 6) is -2.39. The number of carboxylic acids is 1. The number of nitrogens with two attached hydrogens (primary N) is 1. The van der Waals surface area contributed by atoms with Crippen LogP contribution in [0.4, 0.5) is 10.1 Å². The number of carbonyl (C=O) groups is 2. The normalized spacial score (nSPS) is 10.3. The number of hydrogen-bond acceptors (Lipinski definition) is 4. The number of aromatic carboxylic acids is 1. The number of carbonyl (C=O) groups excluding carboxylic acids is 1. The van der Waals surface area contributed by atoms with Crippen molar-refractivity contribution in [2.24, 2.45) is 5.73 Å². The van der Waals surface area contributed by atoms with Gasteiger partial charge in [0.05, 0.1) is 12.1 Å². The summed E-state index contributed by atoms with van der Waals surface area (Å²) in [6, 6.07) is 6.25. The average molecular weight is 278 g/mol. The van der Waals surface area contributed by atoms with Gasteiger partial charge in [-0.3, -0.25) is 4.79 Å². The highest BCUT2D eigenvalue weighted by Crippen LogP contribution is 2.16. The van der Waals surface area contributed by atoms with Crippen molar-refractivity contribution in [3.8, 4) is 0 Å². The zero-order chi connectivity index (χ0) is 14.7. The van der Waals surface area contributed by atoms with Gasteiger partial charge in [0.25, 0.3) is 5.91 Å². The molecular formula is C13H11FN2O4. The van der Waals surface area contributed by atoms with Crippen molar-refractivity contribution in [3.05, 3.63) is 53.2 Å². The molecule has 0 radical (unpaired) electrons. The molecule has 20 heavy (non-hydrogen) atoms. The van der Waals surface area contributed by atoms with Crippen molar-refractivity contribution < 1.29 is 23.5 Å². The molecule has 0 aliphatic carbocycles. The second-order valence-corrected chi connectivity index (χ2v) is 3.92. The van der Waals surface area contributed by atoms with Crippen molar-refractivity contribution >= 4 is 17.6 Å². The molecule has 1 aromatic carbocycles. The fourth-order valence-corrected chi connectivity index (χ4v) is 1.57. The third-order valence-electron chi connectivity index (χ3n) is 2.54. The number of anilines is 1. The molecule has 7 heteroatoms. The molecule has 1 aromatic heterocycles. The average Bonchev–Trinajstić information content (AvgIpc) is 2.89. The summed E-state index contributed by atoms with van der Waals surface area (Å²) in [6.45, 7) is 0.160. The summed E-state index contributed by atoms with van der Waals surface area (Å²) in [7, 11) is 0. The molecule has 0 saturated heterocycles. The zero-order valence-corrected chi connectivity index (χ0v) is 10.2. The van der Waals surface area contributed by atoms with Crippen LogP contribution in [0.2, 0.25) is 0 Å². The van der Waals surface area contributed by atoms with Gasteiger partial charge in [-0.05, 0) is 30.3 Å². The largest absolute Gasteiger partial charge is 0.478 e. The van der Waals surface area contributed by atoms with E-state index < -0.39 is 23.3 Å². The Balaban J connectivity index is 2.19. The molecular weight excluding hydrogens is 267 g/mol. The molecule has 1 heterocycles. The molecule has 0 spiro atoms. The molecule has 104 valence electrons. The third kappa shape index (κ3) is 2.83. The maximum absolute atomic E-state index is 13.2. The van der Waals surface area contributed by atoms with Gasteiger partial charge in [0.1, 0.15) is 11.6 Å². The van der Waals surface area contributed by atoms with Crippen LogP contribution in [-0.2, 0) is 6.54 Å². The smallest absolute Gasteiger partial charge is 0.338 e. The Morgan fingerprint density at radius 1 is 1.30 bits per heavy atom. The lowest BCUT2D eigenvalue weighted by atomic mass is 10.2. The van der Waals surface area contributed by atoms with Crippen LogP contribution in [0.3, 0.4) is 0 Å². The first-order chi connectivity index (χ1) is 9.51. The van der Waals surface area contributed by atoms with E-state index in [2.05, 4.69) is 5.32 Å². The minimum atomic E-state index is -1.41. The van der Waals surface area contributed by atoms with Gasteiger partial charge >= 0.3 is 5.97 Å². The first kappa shape index (κ1) is 13.8. The minimum absolute atomic E-state index is 0.0339. The van der Waals surface area contributed by atoms with E-state index in [1.54, 1.807) is 6.07 Å². The Hall–Kier alpha value is -2.67. The SMILES string of the molecule is NCc1ccc(C(=O)Nc2ccc(F)c(C(=O)O)c2)o1. The molecule has 2 aromatic rings. The highest BCUT2D eigenvalue weighted by Gasteiger charge is 2.14. The van der Waals surface area contributed by atoms with Crippen LogP contribution < -0.4 is 11.1 Å². The first-order valence-corrected chi connectivity index (χ1v) is 5.64. The minimum Gasteiger partial charge on any atom is -0.478 e. The predicted molar refractivity (Wildman–Crippen MR) is 67.9 cm³/mol. The Kier molecular flexibility index (Phi) is 3.81. The van der Waals surface area contributed by atoms with E-state index in [1.165, 1.54) is 12.1 Å². The second-order valence-electron chi connectivity index (χ2n) is 3.92. The van der Waals surface area contributed by atoms with E-state index in [1.807, 2.05) is 0 Å². The molecule has 0 unspecified atom stereocenters. The number of rotatable bonds is 4. The Morgan fingerprint density at radius 3 is 2.65 bits per heavy atom. The van der Waals surface area contributed by atoms with Crippen LogP contribution in [0.5, 0.6) is 0 Å². The number of carboxylic acid groups (broad SMARTS) is 1. The molecule has 0 aliphatic rings. The number of nitrogens with one attached hydrogen (secondary N) is 1. The number of amides is 1. The van der Waals surface area contributed by atoms with Crippen LogP contribution in [0.1, 0.15) is 26.7 Å². The van der Waals surface area contributed by atoms with Gasteiger partial charge in [-0.1, -0.05) is 0 Å². The van der Waals surface area contributed by atoms with Gasteiger partial charge in [0, 0.05) is 5.69 Å². The number of benzene rings is 1. The van der Waals surface area contributed by atoms with E-state index in [-0.39, 0.29) is 18.0 Å². The fraction of sp³-hybridized carbons (Fsp3) is 0.0769. The lowest BCUT2D eigenvalue weighted by Crippen LogP contribution is -2.12. The van der Waals surface area contributed by atoms with Gasteiger partial charge in [-0.2, -0.15) is 0 Å². The molecule has 6 nitrogen and oxygen atoms in total. The molecule has 2 rings (SSSR count). The maximum atomic E-state index is 13.2. The molecule has 1 amide bonds. The third-order valence-corrected chi connectivity index (χ3v) is 2.54. The molecule has 4 N–H and O–H groups in total.